The molecule has 0 aliphatic rings. The largest absolute Gasteiger partial charge is 0.463 e. The van der Waals surface area contributed by atoms with Crippen LogP contribution in [0.3, 0.4) is 0 Å². The van der Waals surface area contributed by atoms with Crippen molar-refractivity contribution in [1.82, 2.24) is 0 Å². The summed E-state index contributed by atoms with van der Waals surface area (Å²) in [5, 5.41) is -0.471. The number of hydrogen-bond acceptors (Lipinski definition) is 3. The van der Waals surface area contributed by atoms with Crippen molar-refractivity contribution >= 4 is 40.2 Å². The predicted molar refractivity (Wildman–Crippen MR) is 80.2 cm³/mol. The van der Waals surface area contributed by atoms with Gasteiger partial charge < -0.3 is 9.47 Å². The summed E-state index contributed by atoms with van der Waals surface area (Å²) < 4.78 is 48.3. The first kappa shape index (κ1) is 18.1. The molecule has 21 heavy (non-hydrogen) atoms. The van der Waals surface area contributed by atoms with Gasteiger partial charge in [-0.1, -0.05) is 11.6 Å². The Balaban J connectivity index is 3.01. The molecule has 0 saturated heterocycles. The summed E-state index contributed by atoms with van der Waals surface area (Å²) >= 11 is 7.31. The molecule has 1 aromatic carbocycles. The fraction of sp³-hybridized carbons (Fsp3) is 0.308. The monoisotopic (exact) mass is 434 g/mol. The van der Waals surface area contributed by atoms with Crippen molar-refractivity contribution in [2.24, 2.45) is 0 Å². The number of carbonyl (C=O) groups excluding carboxylic acids is 1. The van der Waals surface area contributed by atoms with Crippen LogP contribution in [0.1, 0.15) is 19.4 Å². The Hall–Kier alpha value is -0.960. The molecule has 0 unspecified atom stereocenters. The van der Waals surface area contributed by atoms with Crippen molar-refractivity contribution in [1.29, 1.82) is 0 Å². The first-order chi connectivity index (χ1) is 9.65. The molecular formula is C13H11ClF3IO3. The summed E-state index contributed by atoms with van der Waals surface area (Å²) in [6.07, 6.45) is -3.43. The van der Waals surface area contributed by atoms with Gasteiger partial charge in [-0.15, -0.1) is 0 Å². The lowest BCUT2D eigenvalue weighted by Crippen LogP contribution is -2.07. The van der Waals surface area contributed by atoms with Crippen LogP contribution in [0, 0.1) is 3.57 Å². The Morgan fingerprint density at radius 1 is 1.43 bits per heavy atom. The Kier molecular flexibility index (Phi) is 6.33. The zero-order chi connectivity index (χ0) is 16.2. The molecule has 116 valence electrons. The van der Waals surface area contributed by atoms with E-state index in [1.165, 1.54) is 6.92 Å². The molecule has 0 saturated carbocycles. The van der Waals surface area contributed by atoms with Crippen LogP contribution in [0.15, 0.2) is 24.0 Å². The van der Waals surface area contributed by atoms with Crippen molar-refractivity contribution in [3.63, 3.8) is 0 Å². The number of ether oxygens (including phenoxy) is 2. The van der Waals surface area contributed by atoms with E-state index in [9.17, 15) is 18.0 Å². The van der Waals surface area contributed by atoms with Crippen LogP contribution in [0.25, 0.3) is 0 Å². The minimum atomic E-state index is -4.54. The van der Waals surface area contributed by atoms with E-state index in [2.05, 4.69) is 0 Å². The number of allylic oxidation sites excluding steroid dienone is 1. The SMILES string of the molecule is CCOC(=O)/C=C(\C)Oc1cc(Cl)c(C(F)(F)F)cc1I. The van der Waals surface area contributed by atoms with Crippen LogP contribution >= 0.6 is 34.2 Å². The number of halogens is 5. The third-order valence-electron chi connectivity index (χ3n) is 2.21. The first-order valence-corrected chi connectivity index (χ1v) is 7.20. The summed E-state index contributed by atoms with van der Waals surface area (Å²) in [6, 6.07) is 1.95. The maximum Gasteiger partial charge on any atom is 0.417 e. The Bertz CT molecular complexity index is 571. The topological polar surface area (TPSA) is 35.5 Å². The van der Waals surface area contributed by atoms with Gasteiger partial charge in [0, 0.05) is 6.07 Å². The van der Waals surface area contributed by atoms with Gasteiger partial charge in [0.15, 0.2) is 0 Å². The van der Waals surface area contributed by atoms with Gasteiger partial charge >= 0.3 is 12.1 Å². The quantitative estimate of drug-likeness (QED) is 0.295. The Morgan fingerprint density at radius 3 is 2.57 bits per heavy atom. The summed E-state index contributed by atoms with van der Waals surface area (Å²) in [4.78, 5) is 11.2. The van der Waals surface area contributed by atoms with E-state index in [1.807, 2.05) is 0 Å². The molecule has 0 spiro atoms. The lowest BCUT2D eigenvalue weighted by atomic mass is 10.2. The molecule has 0 N–H and O–H groups in total. The molecule has 1 rings (SSSR count). The van der Waals surface area contributed by atoms with Gasteiger partial charge in [-0.25, -0.2) is 4.79 Å². The predicted octanol–water partition coefficient (Wildman–Crippen LogP) is 4.81. The molecule has 0 aliphatic heterocycles. The molecular weight excluding hydrogens is 423 g/mol. The molecule has 0 amide bonds. The minimum Gasteiger partial charge on any atom is -0.463 e. The minimum absolute atomic E-state index is 0.131. The molecule has 0 radical (unpaired) electrons. The molecule has 8 heteroatoms. The van der Waals surface area contributed by atoms with E-state index in [1.54, 1.807) is 29.5 Å². The van der Waals surface area contributed by atoms with Crippen LogP contribution in [-0.4, -0.2) is 12.6 Å². The number of rotatable bonds is 4. The van der Waals surface area contributed by atoms with Crippen molar-refractivity contribution < 1.29 is 27.4 Å². The molecule has 0 heterocycles. The highest BCUT2D eigenvalue weighted by Gasteiger charge is 2.34. The van der Waals surface area contributed by atoms with Gasteiger partial charge in [-0.2, -0.15) is 13.2 Å². The Morgan fingerprint density at radius 2 is 2.05 bits per heavy atom. The molecule has 0 aliphatic carbocycles. The van der Waals surface area contributed by atoms with Crippen LogP contribution < -0.4 is 4.74 Å². The zero-order valence-corrected chi connectivity index (χ0v) is 14.0. The summed E-state index contributed by atoms with van der Waals surface area (Å²) in [7, 11) is 0. The molecule has 0 atom stereocenters. The summed E-state index contributed by atoms with van der Waals surface area (Å²) in [6.45, 7) is 3.35. The van der Waals surface area contributed by atoms with Crippen LogP contribution in [-0.2, 0) is 15.7 Å². The summed E-state index contributed by atoms with van der Waals surface area (Å²) in [5.41, 5.74) is -0.937. The van der Waals surface area contributed by atoms with Crippen molar-refractivity contribution in [2.75, 3.05) is 6.61 Å². The van der Waals surface area contributed by atoms with Crippen molar-refractivity contribution in [3.8, 4) is 5.75 Å². The van der Waals surface area contributed by atoms with Gasteiger partial charge in [-0.3, -0.25) is 0 Å². The normalized spacial score (nSPS) is 12.2. The van der Waals surface area contributed by atoms with Gasteiger partial charge in [0.2, 0.25) is 0 Å². The van der Waals surface area contributed by atoms with E-state index in [-0.39, 0.29) is 21.7 Å². The Labute approximate surface area is 138 Å². The number of hydrogen-bond donors (Lipinski definition) is 0. The van der Waals surface area contributed by atoms with Gasteiger partial charge in [-0.05, 0) is 42.5 Å². The average molecular weight is 435 g/mol. The first-order valence-electron chi connectivity index (χ1n) is 5.74. The third kappa shape index (κ3) is 5.39. The van der Waals surface area contributed by atoms with Crippen LogP contribution in [0.4, 0.5) is 13.2 Å². The van der Waals surface area contributed by atoms with E-state index >= 15 is 0 Å². The van der Waals surface area contributed by atoms with Gasteiger partial charge in [0.1, 0.15) is 11.5 Å². The second-order valence-corrected chi connectivity index (χ2v) is 5.44. The van der Waals surface area contributed by atoms with Crippen LogP contribution in [0.5, 0.6) is 5.75 Å². The highest BCUT2D eigenvalue weighted by atomic mass is 127. The standard InChI is InChI=1S/C13H11ClF3IO3/c1-3-20-12(19)4-7(2)21-11-6-9(14)8(5-10(11)18)13(15,16)17/h4-6H,3H2,1-2H3/b7-4+. The molecule has 0 bridgehead atoms. The highest BCUT2D eigenvalue weighted by molar-refractivity contribution is 14.1. The molecule has 0 aromatic heterocycles. The zero-order valence-electron chi connectivity index (χ0n) is 11.1. The number of benzene rings is 1. The van der Waals surface area contributed by atoms with E-state index in [0.29, 0.717) is 0 Å². The van der Waals surface area contributed by atoms with Crippen molar-refractivity contribution in [2.45, 2.75) is 20.0 Å². The highest BCUT2D eigenvalue weighted by Crippen LogP contribution is 2.39. The lowest BCUT2D eigenvalue weighted by molar-refractivity contribution is -0.138. The number of esters is 1. The van der Waals surface area contributed by atoms with E-state index in [0.717, 1.165) is 18.2 Å². The molecule has 3 nitrogen and oxygen atoms in total. The fourth-order valence-corrected chi connectivity index (χ4v) is 2.21. The molecule has 1 aromatic rings. The summed E-state index contributed by atoms with van der Waals surface area (Å²) in [5.74, 6) is -0.281. The third-order valence-corrected chi connectivity index (χ3v) is 3.36. The van der Waals surface area contributed by atoms with E-state index in [4.69, 9.17) is 21.1 Å². The maximum atomic E-state index is 12.7. The molecule has 0 fully saturated rings. The van der Waals surface area contributed by atoms with Crippen molar-refractivity contribution in [3.05, 3.63) is 38.1 Å². The number of alkyl halides is 3. The smallest absolute Gasteiger partial charge is 0.417 e. The van der Waals surface area contributed by atoms with E-state index < -0.39 is 22.7 Å². The second kappa shape index (κ2) is 7.35. The average Bonchev–Trinajstić information content (AvgIpc) is 2.31. The van der Waals surface area contributed by atoms with Gasteiger partial charge in [0.05, 0.1) is 26.8 Å². The maximum absolute atomic E-state index is 12.7. The second-order valence-electron chi connectivity index (χ2n) is 3.87. The lowest BCUT2D eigenvalue weighted by Gasteiger charge is -2.13. The number of carbonyl (C=O) groups is 1. The van der Waals surface area contributed by atoms with Crippen LogP contribution in [0.2, 0.25) is 5.02 Å². The van der Waals surface area contributed by atoms with Gasteiger partial charge in [0.25, 0.3) is 0 Å². The fourth-order valence-electron chi connectivity index (χ4n) is 1.38.